The molecule has 0 aliphatic rings. The molecular formula is C30H20O2. The lowest BCUT2D eigenvalue weighted by Crippen LogP contribution is -1.77. The zero-order valence-corrected chi connectivity index (χ0v) is 17.4. The minimum absolute atomic E-state index is 0.178. The Morgan fingerprint density at radius 2 is 0.469 bits per heavy atom. The largest absolute Gasteiger partial charge is 0.289 e. The Morgan fingerprint density at radius 3 is 0.656 bits per heavy atom. The minimum Gasteiger partial charge on any atom is -0.289 e. The zero-order valence-electron chi connectivity index (χ0n) is 17.4. The second-order valence-corrected chi connectivity index (χ2v) is 7.62. The second-order valence-electron chi connectivity index (χ2n) is 7.62. The van der Waals surface area contributed by atoms with Crippen LogP contribution in [0.3, 0.4) is 0 Å². The Kier molecular flexibility index (Phi) is 5.19. The molecule has 0 atom stereocenters. The van der Waals surface area contributed by atoms with Crippen LogP contribution in [0.25, 0.3) is 44.5 Å². The Hall–Kier alpha value is -4.30. The third-order valence-corrected chi connectivity index (χ3v) is 5.53. The summed E-state index contributed by atoms with van der Waals surface area (Å²) >= 11 is 0. The molecule has 2 nitrogen and oxygen atoms in total. The van der Waals surface area contributed by atoms with Gasteiger partial charge >= 0.3 is 0 Å². The van der Waals surface area contributed by atoms with Gasteiger partial charge in [0.05, 0.1) is 0 Å². The van der Waals surface area contributed by atoms with Crippen molar-refractivity contribution in [2.75, 3.05) is 0 Å². The van der Waals surface area contributed by atoms with Gasteiger partial charge in [-0.15, -0.1) is 0 Å². The average molecular weight is 412 g/mol. The fraction of sp³-hybridized carbons (Fsp3) is 0. The first-order valence-electron chi connectivity index (χ1n) is 10.6. The van der Waals surface area contributed by atoms with Crippen molar-refractivity contribution in [1.82, 2.24) is 0 Å². The highest BCUT2D eigenvalue weighted by Gasteiger charge is 2.25. The Balaban J connectivity index is 0.000000135. The molecule has 0 N–H and O–H groups in total. The number of hydrogen-bond acceptors (Lipinski definition) is 2. The molecule has 2 heteroatoms. The van der Waals surface area contributed by atoms with E-state index in [2.05, 4.69) is 0 Å². The van der Waals surface area contributed by atoms with Crippen molar-refractivity contribution in [3.05, 3.63) is 142 Å². The molecule has 0 unspecified atom stereocenters. The van der Waals surface area contributed by atoms with Gasteiger partial charge in [0.15, 0.2) is 10.9 Å². The number of hydrogen-bond donors (Lipinski definition) is 0. The highest BCUT2D eigenvalue weighted by atomic mass is 16.1. The molecule has 0 fully saturated rings. The SMILES string of the molecule is O=c1c(-c2ccccc2)c1-c1ccccc1.O=c1c(-c2ccccc2)c1-c1ccccc1. The number of benzene rings is 4. The minimum atomic E-state index is 0.178. The molecule has 0 amide bonds. The van der Waals surface area contributed by atoms with Gasteiger partial charge in [-0.25, -0.2) is 0 Å². The lowest BCUT2D eigenvalue weighted by atomic mass is 10.1. The lowest BCUT2D eigenvalue weighted by Gasteiger charge is -1.92. The first kappa shape index (κ1) is 19.7. The molecule has 0 aliphatic carbocycles. The van der Waals surface area contributed by atoms with Gasteiger partial charge in [-0.2, -0.15) is 0 Å². The van der Waals surface area contributed by atoms with Crippen LogP contribution in [0.2, 0.25) is 0 Å². The Bertz CT molecular complexity index is 1230. The van der Waals surface area contributed by atoms with Crippen LogP contribution in [0.5, 0.6) is 0 Å². The third kappa shape index (κ3) is 3.86. The van der Waals surface area contributed by atoms with Gasteiger partial charge in [0, 0.05) is 22.3 Å². The standard InChI is InChI=1S/2C15H10O/c2*16-15-13(11-7-3-1-4-8-11)14(15)12-9-5-2-6-10-12/h2*1-10H. The van der Waals surface area contributed by atoms with Gasteiger partial charge < -0.3 is 0 Å². The molecule has 0 aliphatic heterocycles. The molecule has 0 saturated heterocycles. The highest BCUT2D eigenvalue weighted by molar-refractivity contribution is 5.94. The van der Waals surface area contributed by atoms with E-state index >= 15 is 0 Å². The van der Waals surface area contributed by atoms with Crippen LogP contribution >= 0.6 is 0 Å². The van der Waals surface area contributed by atoms with Gasteiger partial charge in [0.1, 0.15) is 0 Å². The summed E-state index contributed by atoms with van der Waals surface area (Å²) in [6.45, 7) is 0. The van der Waals surface area contributed by atoms with Crippen molar-refractivity contribution in [1.29, 1.82) is 0 Å². The van der Waals surface area contributed by atoms with Crippen LogP contribution in [0, 0.1) is 0 Å². The summed E-state index contributed by atoms with van der Waals surface area (Å²) in [5.41, 5.74) is 7.91. The normalized spacial score (nSPS) is 10.8. The second kappa shape index (κ2) is 8.44. The quantitative estimate of drug-likeness (QED) is 0.331. The number of rotatable bonds is 4. The van der Waals surface area contributed by atoms with Crippen LogP contribution < -0.4 is 10.9 Å². The maximum absolute atomic E-state index is 11.7. The summed E-state index contributed by atoms with van der Waals surface area (Å²) in [5.74, 6) is 0. The molecule has 32 heavy (non-hydrogen) atoms. The summed E-state index contributed by atoms with van der Waals surface area (Å²) in [7, 11) is 0. The van der Waals surface area contributed by atoms with Crippen LogP contribution in [-0.4, -0.2) is 0 Å². The van der Waals surface area contributed by atoms with Gasteiger partial charge in [-0.1, -0.05) is 121 Å². The van der Waals surface area contributed by atoms with Crippen LogP contribution in [0.4, 0.5) is 0 Å². The summed E-state index contributed by atoms with van der Waals surface area (Å²) in [6, 6.07) is 39.3. The molecule has 6 rings (SSSR count). The van der Waals surface area contributed by atoms with Crippen LogP contribution in [0.15, 0.2) is 131 Å². The predicted octanol–water partition coefficient (Wildman–Crippen LogP) is 6.51. The molecule has 0 heterocycles. The van der Waals surface area contributed by atoms with E-state index in [0.717, 1.165) is 44.5 Å². The van der Waals surface area contributed by atoms with Crippen molar-refractivity contribution >= 4 is 0 Å². The van der Waals surface area contributed by atoms with Gasteiger partial charge in [0.25, 0.3) is 0 Å². The van der Waals surface area contributed by atoms with E-state index < -0.39 is 0 Å². The smallest absolute Gasteiger partial charge is 0.195 e. The molecular weight excluding hydrogens is 392 g/mol. The summed E-state index contributed by atoms with van der Waals surface area (Å²) in [5, 5.41) is 0. The van der Waals surface area contributed by atoms with E-state index in [1.54, 1.807) is 0 Å². The molecule has 0 bridgehead atoms. The zero-order chi connectivity index (χ0) is 21.9. The topological polar surface area (TPSA) is 34.1 Å². The monoisotopic (exact) mass is 412 g/mol. The highest BCUT2D eigenvalue weighted by Crippen LogP contribution is 2.34. The van der Waals surface area contributed by atoms with Gasteiger partial charge in [0.2, 0.25) is 0 Å². The Morgan fingerprint density at radius 1 is 0.281 bits per heavy atom. The lowest BCUT2D eigenvalue weighted by molar-refractivity contribution is 1.69. The van der Waals surface area contributed by atoms with E-state index in [0.29, 0.717) is 0 Å². The van der Waals surface area contributed by atoms with Gasteiger partial charge in [-0.3, -0.25) is 9.59 Å². The molecule has 6 aromatic carbocycles. The van der Waals surface area contributed by atoms with Crippen molar-refractivity contribution < 1.29 is 0 Å². The maximum atomic E-state index is 11.7. The summed E-state index contributed by atoms with van der Waals surface area (Å²) < 4.78 is 0. The van der Waals surface area contributed by atoms with Crippen molar-refractivity contribution in [3.63, 3.8) is 0 Å². The Labute approximate surface area is 186 Å². The molecule has 152 valence electrons. The molecule has 0 spiro atoms. The van der Waals surface area contributed by atoms with Crippen molar-refractivity contribution in [3.8, 4) is 44.5 Å². The van der Waals surface area contributed by atoms with E-state index in [-0.39, 0.29) is 10.9 Å². The van der Waals surface area contributed by atoms with Crippen LogP contribution in [0.1, 0.15) is 0 Å². The third-order valence-electron chi connectivity index (χ3n) is 5.53. The summed E-state index contributed by atoms with van der Waals surface area (Å²) in [6.07, 6.45) is 0. The molecule has 6 aromatic rings. The van der Waals surface area contributed by atoms with Gasteiger partial charge in [-0.05, 0) is 22.3 Å². The first-order valence-corrected chi connectivity index (χ1v) is 10.6. The fourth-order valence-corrected chi connectivity index (χ4v) is 3.86. The van der Waals surface area contributed by atoms with E-state index in [4.69, 9.17) is 0 Å². The molecule has 0 saturated carbocycles. The first-order chi connectivity index (χ1) is 15.8. The van der Waals surface area contributed by atoms with Crippen LogP contribution in [-0.2, 0) is 0 Å². The van der Waals surface area contributed by atoms with Crippen molar-refractivity contribution in [2.24, 2.45) is 0 Å². The summed E-state index contributed by atoms with van der Waals surface area (Å²) in [4.78, 5) is 23.5. The molecule has 0 aromatic heterocycles. The van der Waals surface area contributed by atoms with E-state index in [1.165, 1.54) is 0 Å². The average Bonchev–Trinajstić information content (AvgIpc) is 3.75. The van der Waals surface area contributed by atoms with Crippen molar-refractivity contribution in [2.45, 2.75) is 0 Å². The fourth-order valence-electron chi connectivity index (χ4n) is 3.86. The molecule has 0 radical (unpaired) electrons. The maximum Gasteiger partial charge on any atom is 0.195 e. The van der Waals surface area contributed by atoms with E-state index in [1.807, 2.05) is 121 Å². The predicted molar refractivity (Wildman–Crippen MR) is 132 cm³/mol. The van der Waals surface area contributed by atoms with E-state index in [9.17, 15) is 9.59 Å².